The van der Waals surface area contributed by atoms with E-state index in [1.165, 1.54) is 12.1 Å². The van der Waals surface area contributed by atoms with Crippen molar-refractivity contribution in [2.75, 3.05) is 6.61 Å². The molecule has 0 atom stereocenters. The molecule has 302 valence electrons. The van der Waals surface area contributed by atoms with Crippen molar-refractivity contribution >= 4 is 0 Å². The van der Waals surface area contributed by atoms with Crippen LogP contribution in [0, 0.1) is 35.1 Å². The first-order valence-electron chi connectivity index (χ1n) is 18.6. The Morgan fingerprint density at radius 3 is 1.40 bits per heavy atom. The molecule has 0 radical (unpaired) electrons. The quantitative estimate of drug-likeness (QED) is 0.164. The summed E-state index contributed by atoms with van der Waals surface area (Å²) < 4.78 is 168. The van der Waals surface area contributed by atoms with Crippen LogP contribution in [-0.2, 0) is 6.42 Å². The molecule has 13 heteroatoms. The van der Waals surface area contributed by atoms with Crippen LogP contribution in [0.15, 0.2) is 24.3 Å². The van der Waals surface area contributed by atoms with Gasteiger partial charge in [-0.05, 0) is 112 Å². The molecule has 53 heavy (non-hydrogen) atoms. The van der Waals surface area contributed by atoms with Crippen molar-refractivity contribution in [2.45, 2.75) is 160 Å². The van der Waals surface area contributed by atoms with Crippen LogP contribution in [0.2, 0.25) is 0 Å². The molecule has 0 unspecified atom stereocenters. The molecule has 2 aromatic carbocycles. The minimum absolute atomic E-state index is 0.109. The van der Waals surface area contributed by atoms with Gasteiger partial charge in [0, 0.05) is 6.42 Å². The maximum atomic E-state index is 14.4. The van der Waals surface area contributed by atoms with Crippen LogP contribution in [0.1, 0.15) is 146 Å². The molecular weight excluding hydrogens is 724 g/mol. The lowest BCUT2D eigenvalue weighted by Crippen LogP contribution is -2.32. The van der Waals surface area contributed by atoms with Gasteiger partial charge in [0.25, 0.3) is 23.7 Å². The van der Waals surface area contributed by atoms with E-state index in [0.29, 0.717) is 25.7 Å². The first kappa shape index (κ1) is 44.8. The number of hydrogen-bond donors (Lipinski definition) is 0. The predicted octanol–water partition coefficient (Wildman–Crippen LogP) is 14.4. The lowest BCUT2D eigenvalue weighted by atomic mass is 9.77. The Balaban J connectivity index is 0.000000286. The van der Waals surface area contributed by atoms with Gasteiger partial charge in [0.15, 0.2) is 29.8 Å². The van der Waals surface area contributed by atoms with E-state index in [0.717, 1.165) is 89.2 Å². The minimum Gasteiger partial charge on any atom is -0.484 e. The number of hydrogen-bond acceptors (Lipinski definition) is 1. The molecule has 0 aromatic heterocycles. The summed E-state index contributed by atoms with van der Waals surface area (Å²) in [4.78, 5) is 0. The van der Waals surface area contributed by atoms with Gasteiger partial charge in [0.1, 0.15) is 0 Å². The third kappa shape index (κ3) is 14.2. The highest BCUT2D eigenvalue weighted by Gasteiger charge is 2.42. The molecule has 4 rings (SSSR count). The molecule has 0 heterocycles. The van der Waals surface area contributed by atoms with Crippen LogP contribution < -0.4 is 4.74 Å². The van der Waals surface area contributed by atoms with Gasteiger partial charge in [0.2, 0.25) is 5.82 Å². The maximum Gasteiger partial charge on any atom is 0.287 e. The van der Waals surface area contributed by atoms with Gasteiger partial charge in [-0.1, -0.05) is 57.7 Å². The first-order chi connectivity index (χ1) is 24.5. The molecule has 0 spiro atoms. The largest absolute Gasteiger partial charge is 0.484 e. The summed E-state index contributed by atoms with van der Waals surface area (Å²) >= 11 is 0. The lowest BCUT2D eigenvalue weighted by molar-refractivity contribution is -0.119. The highest BCUT2D eigenvalue weighted by atomic mass is 19.3. The minimum atomic E-state index is -3.85. The van der Waals surface area contributed by atoms with Crippen LogP contribution in [-0.4, -0.2) is 30.3 Å². The molecule has 2 aromatic rings. The lowest BCUT2D eigenvalue weighted by Gasteiger charge is -2.29. The molecule has 2 fully saturated rings. The molecule has 0 N–H and O–H groups in total. The smallest absolute Gasteiger partial charge is 0.287 e. The summed E-state index contributed by atoms with van der Waals surface area (Å²) in [5, 5.41) is 0. The Morgan fingerprint density at radius 2 is 0.962 bits per heavy atom. The van der Waals surface area contributed by atoms with Gasteiger partial charge < -0.3 is 4.74 Å². The maximum absolute atomic E-state index is 14.4. The van der Waals surface area contributed by atoms with Gasteiger partial charge in [-0.3, -0.25) is 0 Å². The third-order valence-corrected chi connectivity index (χ3v) is 10.3. The molecule has 2 aliphatic rings. The second-order valence-electron chi connectivity index (χ2n) is 15.4. The summed E-state index contributed by atoms with van der Waals surface area (Å²) in [6, 6.07) is 4.92. The highest BCUT2D eigenvalue weighted by molar-refractivity contribution is 5.33. The standard InChI is InChI=1S/C20H26F6O.C20H26F6/c1-3-4-13-5-7-14(8-6-13)15-9-10-16(18(22)17(15)21)27-12-20(25,26)11-19(2,23)24;1-3-4-13-5-7-14(8-6-13)16-10-9-15(17(21)18(16)22)11-20(25,26)12-19(2,23)24/h9-10,13-14H,3-8,11-12H2,1-2H3;9-10,13-14H,3-8,11-12H2,1-2H3. The summed E-state index contributed by atoms with van der Waals surface area (Å²) in [5.74, 6) is -19.4. The van der Waals surface area contributed by atoms with E-state index in [2.05, 4.69) is 18.6 Å². The number of benzene rings is 2. The Morgan fingerprint density at radius 1 is 0.547 bits per heavy atom. The van der Waals surface area contributed by atoms with Crippen molar-refractivity contribution in [3.63, 3.8) is 0 Å². The Labute approximate surface area is 305 Å². The molecule has 2 saturated carbocycles. The number of ether oxygens (including phenoxy) is 1. The Hall–Kier alpha value is -2.60. The van der Waals surface area contributed by atoms with Crippen LogP contribution in [0.4, 0.5) is 52.7 Å². The zero-order valence-electron chi connectivity index (χ0n) is 30.9. The van der Waals surface area contributed by atoms with Crippen molar-refractivity contribution in [3.8, 4) is 5.75 Å². The average molecular weight is 777 g/mol. The van der Waals surface area contributed by atoms with Crippen molar-refractivity contribution in [1.82, 2.24) is 0 Å². The molecular formula is C40H52F12O. The topological polar surface area (TPSA) is 9.23 Å². The normalized spacial score (nSPS) is 21.6. The van der Waals surface area contributed by atoms with Crippen molar-refractivity contribution in [2.24, 2.45) is 11.8 Å². The average Bonchev–Trinajstić information content (AvgIpc) is 3.03. The summed E-state index contributed by atoms with van der Waals surface area (Å²) in [7, 11) is 0. The SMILES string of the molecule is CCCC1CCC(c2ccc(CC(F)(F)CC(C)(F)F)c(F)c2F)CC1.CCCC1CCC(c2ccc(OCC(F)(F)CC(C)(F)F)c(F)c2F)CC1. The molecule has 0 bridgehead atoms. The Kier molecular flexibility index (Phi) is 15.9. The van der Waals surface area contributed by atoms with Crippen LogP contribution in [0.5, 0.6) is 5.75 Å². The van der Waals surface area contributed by atoms with E-state index in [4.69, 9.17) is 0 Å². The van der Waals surface area contributed by atoms with Gasteiger partial charge in [-0.25, -0.2) is 48.3 Å². The number of halogens is 12. The van der Waals surface area contributed by atoms with Gasteiger partial charge in [-0.15, -0.1) is 0 Å². The van der Waals surface area contributed by atoms with Crippen LogP contribution in [0.25, 0.3) is 0 Å². The third-order valence-electron chi connectivity index (χ3n) is 10.3. The van der Waals surface area contributed by atoms with E-state index < -0.39 is 84.1 Å². The van der Waals surface area contributed by atoms with Crippen molar-refractivity contribution in [3.05, 3.63) is 64.2 Å². The first-order valence-corrected chi connectivity index (χ1v) is 18.6. The van der Waals surface area contributed by atoms with Gasteiger partial charge in [-0.2, -0.15) is 4.39 Å². The van der Waals surface area contributed by atoms with Crippen LogP contribution >= 0.6 is 0 Å². The summed E-state index contributed by atoms with van der Waals surface area (Å²) in [6.45, 7) is 3.55. The summed E-state index contributed by atoms with van der Waals surface area (Å²) in [6.07, 6.45) is 6.61. The van der Waals surface area contributed by atoms with E-state index in [1.54, 1.807) is 0 Å². The van der Waals surface area contributed by atoms with Gasteiger partial charge >= 0.3 is 0 Å². The number of alkyl halides is 8. The van der Waals surface area contributed by atoms with Crippen molar-refractivity contribution < 1.29 is 57.4 Å². The fraction of sp³-hybridized carbons (Fsp3) is 0.700. The fourth-order valence-corrected chi connectivity index (χ4v) is 7.85. The zero-order valence-corrected chi connectivity index (χ0v) is 30.9. The molecule has 1 nitrogen and oxygen atoms in total. The number of rotatable bonds is 15. The molecule has 0 saturated heterocycles. The monoisotopic (exact) mass is 776 g/mol. The highest BCUT2D eigenvalue weighted by Crippen LogP contribution is 2.42. The zero-order chi connectivity index (χ0) is 39.8. The second kappa shape index (κ2) is 18.8. The van der Waals surface area contributed by atoms with Gasteiger partial charge in [0.05, 0.1) is 12.8 Å². The van der Waals surface area contributed by atoms with E-state index in [-0.39, 0.29) is 23.0 Å². The van der Waals surface area contributed by atoms with Crippen molar-refractivity contribution in [1.29, 1.82) is 0 Å². The molecule has 0 amide bonds. The predicted molar refractivity (Wildman–Crippen MR) is 181 cm³/mol. The molecule has 2 aliphatic carbocycles. The molecule has 0 aliphatic heterocycles. The Bertz CT molecular complexity index is 1430. The fourth-order valence-electron chi connectivity index (χ4n) is 7.85. The summed E-state index contributed by atoms with van der Waals surface area (Å²) in [5.41, 5.74) is -0.118. The van der Waals surface area contributed by atoms with E-state index >= 15 is 0 Å². The van der Waals surface area contributed by atoms with E-state index in [9.17, 15) is 52.7 Å². The van der Waals surface area contributed by atoms with Crippen LogP contribution in [0.3, 0.4) is 0 Å². The van der Waals surface area contributed by atoms with E-state index in [1.807, 2.05) is 0 Å². The second-order valence-corrected chi connectivity index (χ2v) is 15.4.